The maximum atomic E-state index is 13.2. The van der Waals surface area contributed by atoms with E-state index in [-0.39, 0.29) is 17.6 Å². The van der Waals surface area contributed by atoms with E-state index < -0.39 is 35.4 Å². The number of hydrogen-bond donors (Lipinski definition) is 1. The van der Waals surface area contributed by atoms with E-state index in [0.29, 0.717) is 24.2 Å². The zero-order valence-corrected chi connectivity index (χ0v) is 17.1. The van der Waals surface area contributed by atoms with Gasteiger partial charge in [0.2, 0.25) is 0 Å². The van der Waals surface area contributed by atoms with Gasteiger partial charge < -0.3 is 5.11 Å². The third kappa shape index (κ3) is 5.22. The predicted octanol–water partition coefficient (Wildman–Crippen LogP) is 5.52. The van der Waals surface area contributed by atoms with Gasteiger partial charge in [0.05, 0.1) is 22.9 Å². The lowest BCUT2D eigenvalue weighted by Gasteiger charge is -2.15. The topological polar surface area (TPSA) is 70.0 Å². The molecule has 0 saturated heterocycles. The van der Waals surface area contributed by atoms with Crippen LogP contribution in [0, 0.1) is 11.7 Å². The highest BCUT2D eigenvalue weighted by Crippen LogP contribution is 2.32. The molecule has 1 heterocycles. The second-order valence-electron chi connectivity index (χ2n) is 7.32. The third-order valence-corrected chi connectivity index (χ3v) is 4.99. The van der Waals surface area contributed by atoms with Gasteiger partial charge in [-0.3, -0.25) is 4.79 Å². The summed E-state index contributed by atoms with van der Waals surface area (Å²) in [6.07, 6.45) is -2.29. The predicted molar refractivity (Wildman–Crippen MR) is 111 cm³/mol. The van der Waals surface area contributed by atoms with Crippen molar-refractivity contribution in [1.29, 1.82) is 0 Å². The number of rotatable bonds is 7. The number of anilines is 1. The van der Waals surface area contributed by atoms with Crippen LogP contribution >= 0.6 is 0 Å². The molecule has 1 atom stereocenters. The first kappa shape index (κ1) is 23.2. The lowest BCUT2D eigenvalue weighted by Crippen LogP contribution is -2.28. The second-order valence-corrected chi connectivity index (χ2v) is 7.32. The molecule has 5 nitrogen and oxygen atoms in total. The molecule has 168 valence electrons. The molecule has 0 aliphatic carbocycles. The van der Waals surface area contributed by atoms with Gasteiger partial charge in [0, 0.05) is 5.57 Å². The van der Waals surface area contributed by atoms with Gasteiger partial charge in [-0.25, -0.2) is 14.2 Å². The molecule has 0 fully saturated rings. The maximum absolute atomic E-state index is 13.2. The highest BCUT2D eigenvalue weighted by molar-refractivity contribution is 6.16. The first-order chi connectivity index (χ1) is 15.1. The molecule has 0 saturated carbocycles. The molecule has 0 aromatic heterocycles. The Hall–Kier alpha value is -3.49. The molecule has 1 aliphatic rings. The quantitative estimate of drug-likeness (QED) is 0.448. The molecule has 1 N–H and O–H groups in total. The van der Waals surface area contributed by atoms with Crippen LogP contribution in [0.3, 0.4) is 0 Å². The molecule has 0 radical (unpaired) electrons. The summed E-state index contributed by atoms with van der Waals surface area (Å²) in [4.78, 5) is 24.8. The first-order valence-electron chi connectivity index (χ1n) is 9.88. The molecule has 1 aliphatic heterocycles. The lowest BCUT2D eigenvalue weighted by atomic mass is 9.91. The van der Waals surface area contributed by atoms with E-state index in [4.69, 9.17) is 0 Å². The van der Waals surface area contributed by atoms with E-state index >= 15 is 0 Å². The third-order valence-electron chi connectivity index (χ3n) is 4.99. The van der Waals surface area contributed by atoms with Gasteiger partial charge in [0.25, 0.3) is 5.91 Å². The number of alkyl halides is 3. The molecule has 1 amide bonds. The average Bonchev–Trinajstić information content (AvgIpc) is 3.03. The van der Waals surface area contributed by atoms with Gasteiger partial charge in [0.1, 0.15) is 5.82 Å². The summed E-state index contributed by atoms with van der Waals surface area (Å²) in [6, 6.07) is 9.27. The largest absolute Gasteiger partial charge is 0.478 e. The summed E-state index contributed by atoms with van der Waals surface area (Å²) in [5.74, 6) is -3.03. The number of nitrogens with zero attached hydrogens (tertiary/aromatic N) is 2. The summed E-state index contributed by atoms with van der Waals surface area (Å²) < 4.78 is 51.5. The van der Waals surface area contributed by atoms with Crippen LogP contribution in [0.15, 0.2) is 59.2 Å². The Morgan fingerprint density at radius 1 is 1.12 bits per heavy atom. The summed E-state index contributed by atoms with van der Waals surface area (Å²) in [6.45, 7) is 1.89. The fraction of sp³-hybridized carbons (Fsp3) is 0.261. The van der Waals surface area contributed by atoms with Crippen molar-refractivity contribution >= 4 is 29.4 Å². The Bertz CT molecular complexity index is 1060. The fourth-order valence-corrected chi connectivity index (χ4v) is 3.39. The monoisotopic (exact) mass is 448 g/mol. The van der Waals surface area contributed by atoms with Crippen molar-refractivity contribution in [3.8, 4) is 0 Å². The summed E-state index contributed by atoms with van der Waals surface area (Å²) in [5, 5.41) is 15.1. The number of hydrazone groups is 1. The highest BCUT2D eigenvalue weighted by atomic mass is 19.4. The molecule has 0 bridgehead atoms. The second kappa shape index (κ2) is 9.33. The molecule has 3 rings (SSSR count). The van der Waals surface area contributed by atoms with Gasteiger partial charge in [-0.2, -0.15) is 18.3 Å². The van der Waals surface area contributed by atoms with Crippen molar-refractivity contribution in [2.24, 2.45) is 11.0 Å². The number of hydrogen-bond acceptors (Lipinski definition) is 3. The number of carbonyl (C=O) groups is 2. The lowest BCUT2D eigenvalue weighted by molar-refractivity contribution is -0.137. The first-order valence-corrected chi connectivity index (χ1v) is 9.88. The van der Waals surface area contributed by atoms with Crippen LogP contribution in [0.2, 0.25) is 0 Å². The van der Waals surface area contributed by atoms with Crippen molar-refractivity contribution in [1.82, 2.24) is 0 Å². The number of benzene rings is 2. The fourth-order valence-electron chi connectivity index (χ4n) is 3.39. The minimum atomic E-state index is -4.50. The smallest absolute Gasteiger partial charge is 0.416 e. The molecular formula is C23H20F4N2O3. The molecule has 0 spiro atoms. The minimum absolute atomic E-state index is 0.132. The number of amides is 1. The van der Waals surface area contributed by atoms with E-state index in [0.717, 1.165) is 17.1 Å². The standard InChI is InChI=1S/C23H20F4N2O3/c1-2-3-20-19(21(30)29(28-20)18-10-8-17(24)9-11-18)13-15(22(31)32)12-14-4-6-16(7-5-14)23(25,26)27/h4-12,19H,2-3,13H2,1H3,(H,31,32). The van der Waals surface area contributed by atoms with Crippen LogP contribution in [0.5, 0.6) is 0 Å². The Kier molecular flexibility index (Phi) is 6.76. The Morgan fingerprint density at radius 2 is 1.75 bits per heavy atom. The van der Waals surface area contributed by atoms with Gasteiger partial charge in [-0.15, -0.1) is 0 Å². The normalized spacial score (nSPS) is 17.0. The van der Waals surface area contributed by atoms with Gasteiger partial charge in [-0.05, 0) is 60.9 Å². The molecule has 2 aromatic rings. The summed E-state index contributed by atoms with van der Waals surface area (Å²) in [7, 11) is 0. The number of carboxylic acid groups (broad SMARTS) is 1. The average molecular weight is 448 g/mol. The number of carboxylic acids is 1. The van der Waals surface area contributed by atoms with Gasteiger partial charge >= 0.3 is 12.1 Å². The summed E-state index contributed by atoms with van der Waals surface area (Å²) >= 11 is 0. The van der Waals surface area contributed by atoms with Crippen LogP contribution in [-0.4, -0.2) is 22.7 Å². The van der Waals surface area contributed by atoms with Gasteiger partial charge in [0.15, 0.2) is 0 Å². The van der Waals surface area contributed by atoms with E-state index in [1.54, 1.807) is 0 Å². The Labute approximate surface area is 181 Å². The van der Waals surface area contributed by atoms with Gasteiger partial charge in [-0.1, -0.05) is 25.5 Å². The minimum Gasteiger partial charge on any atom is -0.478 e. The van der Waals surface area contributed by atoms with Crippen molar-refractivity contribution in [2.45, 2.75) is 32.4 Å². The molecule has 9 heteroatoms. The Balaban J connectivity index is 1.88. The van der Waals surface area contributed by atoms with Crippen LogP contribution in [0.4, 0.5) is 23.2 Å². The zero-order valence-electron chi connectivity index (χ0n) is 17.1. The van der Waals surface area contributed by atoms with Crippen LogP contribution in [0.25, 0.3) is 6.08 Å². The van der Waals surface area contributed by atoms with Crippen LogP contribution in [0.1, 0.15) is 37.3 Å². The number of carbonyl (C=O) groups excluding carboxylic acids is 1. The van der Waals surface area contributed by atoms with E-state index in [2.05, 4.69) is 5.10 Å². The summed E-state index contributed by atoms with van der Waals surface area (Å²) in [5.41, 5.74) is 0.153. The van der Waals surface area contributed by atoms with E-state index in [9.17, 15) is 32.3 Å². The maximum Gasteiger partial charge on any atom is 0.416 e. The number of aliphatic carboxylic acids is 1. The molecular weight excluding hydrogens is 428 g/mol. The van der Waals surface area contributed by atoms with Crippen molar-refractivity contribution < 1.29 is 32.3 Å². The molecule has 1 unspecified atom stereocenters. The SMILES string of the molecule is CCCC1=NN(c2ccc(F)cc2)C(=O)C1CC(=Cc1ccc(C(F)(F)F)cc1)C(=O)O. The molecule has 2 aromatic carbocycles. The number of halogens is 4. The van der Waals surface area contributed by atoms with Crippen molar-refractivity contribution in [3.05, 3.63) is 71.0 Å². The van der Waals surface area contributed by atoms with E-state index in [1.807, 2.05) is 6.92 Å². The van der Waals surface area contributed by atoms with Crippen molar-refractivity contribution in [2.75, 3.05) is 5.01 Å². The zero-order chi connectivity index (χ0) is 23.5. The van der Waals surface area contributed by atoms with E-state index in [1.165, 1.54) is 42.5 Å². The van der Waals surface area contributed by atoms with Crippen LogP contribution in [-0.2, 0) is 15.8 Å². The van der Waals surface area contributed by atoms with Crippen LogP contribution < -0.4 is 5.01 Å². The molecule has 32 heavy (non-hydrogen) atoms. The van der Waals surface area contributed by atoms with Crippen molar-refractivity contribution in [3.63, 3.8) is 0 Å². The highest BCUT2D eigenvalue weighted by Gasteiger charge is 2.37. The Morgan fingerprint density at radius 3 is 2.28 bits per heavy atom.